The molecule has 0 amide bonds. The molecule has 5 nitrogen and oxygen atoms in total. The second-order valence-corrected chi connectivity index (χ2v) is 9.48. The summed E-state index contributed by atoms with van der Waals surface area (Å²) in [6, 6.07) is 8.82. The Morgan fingerprint density at radius 2 is 1.51 bits per heavy atom. The number of carbonyl (C=O) groups is 2. The van der Waals surface area contributed by atoms with Crippen LogP contribution in [-0.2, 0) is 14.3 Å². The van der Waals surface area contributed by atoms with Crippen LogP contribution in [0.2, 0.25) is 0 Å². The number of carboxylic acids is 1. The molecule has 3 atom stereocenters. The summed E-state index contributed by atoms with van der Waals surface area (Å²) in [5.74, 6) is 6.44. The summed E-state index contributed by atoms with van der Waals surface area (Å²) >= 11 is 0. The average molecular weight is 516 g/mol. The molecule has 5 heteroatoms. The van der Waals surface area contributed by atoms with Crippen LogP contribution in [0.3, 0.4) is 0 Å². The maximum atomic E-state index is 11.8. The molecule has 0 spiro atoms. The predicted octanol–water partition coefficient (Wildman–Crippen LogP) is 7.73. The molecular weight excluding hydrogens is 462 g/mol. The van der Waals surface area contributed by atoms with Gasteiger partial charge in [-0.2, -0.15) is 0 Å². The summed E-state index contributed by atoms with van der Waals surface area (Å²) in [7, 11) is 1.50. The number of carbonyl (C=O) groups excluding carboxylic acids is 1. The summed E-state index contributed by atoms with van der Waals surface area (Å²) in [6.45, 7) is 6.04. The molecule has 2 fully saturated rings. The fourth-order valence-corrected chi connectivity index (χ4v) is 4.76. The molecule has 2 aliphatic rings. The topological polar surface area (TPSA) is 89.6 Å². The highest BCUT2D eigenvalue weighted by Gasteiger charge is 2.27. The van der Waals surface area contributed by atoms with Crippen LogP contribution in [0.1, 0.15) is 122 Å². The fraction of sp³-hybridized carbons (Fsp3) is 0.688. The zero-order valence-electron chi connectivity index (χ0n) is 24.0. The number of hydrogen-bond acceptors (Lipinski definition) is 4. The lowest BCUT2D eigenvalue weighted by molar-refractivity contribution is -0.148. The van der Waals surface area contributed by atoms with E-state index in [0.29, 0.717) is 18.4 Å². The lowest BCUT2D eigenvalue weighted by atomic mass is 9.89. The monoisotopic (exact) mass is 515 g/mol. The van der Waals surface area contributed by atoms with Crippen LogP contribution < -0.4 is 5.73 Å². The Kier molecular flexibility index (Phi) is 22.5. The van der Waals surface area contributed by atoms with E-state index in [1.54, 1.807) is 56.4 Å². The van der Waals surface area contributed by atoms with Gasteiger partial charge in [0.1, 0.15) is 12.5 Å². The highest BCUT2D eigenvalue weighted by molar-refractivity contribution is 5.77. The number of aliphatic carboxylic acids is 1. The van der Waals surface area contributed by atoms with Crippen LogP contribution in [-0.4, -0.2) is 30.7 Å². The number of hydrogen-bond donors (Lipinski definition) is 2. The Hall–Kier alpha value is -2.32. The molecule has 0 heterocycles. The van der Waals surface area contributed by atoms with E-state index in [1.807, 2.05) is 19.9 Å². The molecule has 2 bridgehead atoms. The van der Waals surface area contributed by atoms with Crippen LogP contribution in [0.15, 0.2) is 30.3 Å². The number of esters is 1. The number of nitrogens with two attached hydrogens (primary N) is 1. The smallest absolute Gasteiger partial charge is 0.314 e. The van der Waals surface area contributed by atoms with E-state index in [9.17, 15) is 14.7 Å². The van der Waals surface area contributed by atoms with Crippen molar-refractivity contribution in [1.82, 2.24) is 0 Å². The summed E-state index contributed by atoms with van der Waals surface area (Å²) in [5, 5.41) is 9.28. The van der Waals surface area contributed by atoms with Gasteiger partial charge in [0.15, 0.2) is 0 Å². The fourth-order valence-electron chi connectivity index (χ4n) is 4.76. The summed E-state index contributed by atoms with van der Waals surface area (Å²) in [4.78, 5) is 23.1. The van der Waals surface area contributed by atoms with Crippen molar-refractivity contribution in [3.8, 4) is 11.8 Å². The molecule has 0 aromatic heterocycles. The zero-order chi connectivity index (χ0) is 27.7. The highest BCUT2D eigenvalue weighted by atomic mass is 16.5. The normalized spacial score (nSPS) is 17.6. The second-order valence-electron chi connectivity index (χ2n) is 9.48. The molecule has 3 unspecified atom stereocenters. The minimum Gasteiger partial charge on any atom is -0.481 e. The Bertz CT molecular complexity index is 739. The van der Waals surface area contributed by atoms with Gasteiger partial charge in [-0.3, -0.25) is 9.59 Å². The molecule has 2 saturated carbocycles. The molecule has 210 valence electrons. The molecule has 2 aliphatic carbocycles. The Labute approximate surface area is 226 Å². The summed E-state index contributed by atoms with van der Waals surface area (Å²) in [6.07, 6.45) is 16.5. The van der Waals surface area contributed by atoms with Crippen LogP contribution in [0.4, 0.5) is 0 Å². The zero-order valence-corrected chi connectivity index (χ0v) is 24.0. The largest absolute Gasteiger partial charge is 0.481 e. The number of benzene rings is 1. The van der Waals surface area contributed by atoms with Crippen LogP contribution in [0, 0.1) is 23.7 Å². The SMILES string of the molecule is C1CC2CCC(C1)C2.CC.CCCCCC#CCCCCC(=O)OCC(C(=O)O)c1ccccc1.CN. The van der Waals surface area contributed by atoms with E-state index in [0.717, 1.165) is 37.5 Å². The van der Waals surface area contributed by atoms with Gasteiger partial charge in [-0.05, 0) is 50.1 Å². The first-order chi connectivity index (χ1) is 18.1. The molecule has 3 N–H and O–H groups in total. The van der Waals surface area contributed by atoms with E-state index in [2.05, 4.69) is 24.5 Å². The molecule has 1 aromatic carbocycles. The maximum absolute atomic E-state index is 11.8. The van der Waals surface area contributed by atoms with Crippen LogP contribution in [0.25, 0.3) is 0 Å². The maximum Gasteiger partial charge on any atom is 0.314 e. The van der Waals surface area contributed by atoms with Crippen molar-refractivity contribution in [3.05, 3.63) is 35.9 Å². The van der Waals surface area contributed by atoms with Crippen molar-refractivity contribution in [2.45, 2.75) is 117 Å². The first-order valence-corrected chi connectivity index (χ1v) is 14.6. The number of unbranched alkanes of at least 4 members (excludes halogenated alkanes) is 5. The molecular formula is C32H53NO4. The molecule has 37 heavy (non-hydrogen) atoms. The third-order valence-corrected chi connectivity index (χ3v) is 6.75. The third-order valence-electron chi connectivity index (χ3n) is 6.75. The third kappa shape index (κ3) is 16.9. The molecule has 0 radical (unpaired) electrons. The van der Waals surface area contributed by atoms with Gasteiger partial charge < -0.3 is 15.6 Å². The lowest BCUT2D eigenvalue weighted by Crippen LogP contribution is -2.20. The molecule has 3 rings (SSSR count). The van der Waals surface area contributed by atoms with Gasteiger partial charge in [0.2, 0.25) is 0 Å². The second kappa shape index (κ2) is 24.0. The first kappa shape index (κ1) is 34.7. The van der Waals surface area contributed by atoms with E-state index in [1.165, 1.54) is 26.3 Å². The van der Waals surface area contributed by atoms with E-state index in [4.69, 9.17) is 4.74 Å². The van der Waals surface area contributed by atoms with Gasteiger partial charge in [0, 0.05) is 19.3 Å². The first-order valence-electron chi connectivity index (χ1n) is 14.6. The van der Waals surface area contributed by atoms with Gasteiger partial charge >= 0.3 is 11.9 Å². The Morgan fingerprint density at radius 3 is 2.03 bits per heavy atom. The minimum absolute atomic E-state index is 0.130. The minimum atomic E-state index is -0.989. The molecule has 1 aromatic rings. The van der Waals surface area contributed by atoms with Crippen molar-refractivity contribution in [1.29, 1.82) is 0 Å². The van der Waals surface area contributed by atoms with E-state index in [-0.39, 0.29) is 12.6 Å². The predicted molar refractivity (Wildman–Crippen MR) is 154 cm³/mol. The van der Waals surface area contributed by atoms with Crippen molar-refractivity contribution < 1.29 is 19.4 Å². The standard InChI is InChI=1S/C21H28O4.C8H14.C2H6.CH5N/c1-2-3-4-5-6-7-8-9-13-16-20(22)25-17-19(21(23)24)18-14-11-10-12-15-18;1-2-7-4-5-8(3-1)6-7;2*1-2/h10-12,14-15,19H,2-5,8-9,13,16-17H2,1H3,(H,23,24);7-8H,1-6H2;1-2H3;2H2,1H3. The van der Waals surface area contributed by atoms with Gasteiger partial charge in [0.05, 0.1) is 0 Å². The van der Waals surface area contributed by atoms with Gasteiger partial charge in [-0.15, -0.1) is 11.8 Å². The summed E-state index contributed by atoms with van der Waals surface area (Å²) < 4.78 is 5.14. The van der Waals surface area contributed by atoms with Crippen molar-refractivity contribution in [2.24, 2.45) is 17.6 Å². The Balaban J connectivity index is 0.000000882. The molecule has 0 saturated heterocycles. The van der Waals surface area contributed by atoms with Crippen LogP contribution in [0.5, 0.6) is 0 Å². The summed E-state index contributed by atoms with van der Waals surface area (Å²) in [5.41, 5.74) is 5.14. The van der Waals surface area contributed by atoms with Crippen molar-refractivity contribution in [2.75, 3.05) is 13.7 Å². The molecule has 0 aliphatic heterocycles. The highest BCUT2D eigenvalue weighted by Crippen LogP contribution is 2.41. The lowest BCUT2D eigenvalue weighted by Gasteiger charge is -2.16. The van der Waals surface area contributed by atoms with Crippen LogP contribution >= 0.6 is 0 Å². The average Bonchev–Trinajstić information content (AvgIpc) is 3.27. The van der Waals surface area contributed by atoms with Gasteiger partial charge in [-0.1, -0.05) is 96.0 Å². The number of ether oxygens (including phenoxy) is 1. The van der Waals surface area contributed by atoms with Crippen molar-refractivity contribution in [3.63, 3.8) is 0 Å². The number of carboxylic acid groups (broad SMARTS) is 1. The van der Waals surface area contributed by atoms with E-state index < -0.39 is 11.9 Å². The van der Waals surface area contributed by atoms with E-state index >= 15 is 0 Å². The number of fused-ring (bicyclic) bond motifs is 2. The number of rotatable bonds is 11. The quantitative estimate of drug-likeness (QED) is 0.179. The van der Waals surface area contributed by atoms with Crippen molar-refractivity contribution >= 4 is 11.9 Å². The Morgan fingerprint density at radius 1 is 0.946 bits per heavy atom. The van der Waals surface area contributed by atoms with Gasteiger partial charge in [0.25, 0.3) is 0 Å². The van der Waals surface area contributed by atoms with Gasteiger partial charge in [-0.25, -0.2) is 0 Å².